The lowest BCUT2D eigenvalue weighted by atomic mass is 9.87. The summed E-state index contributed by atoms with van der Waals surface area (Å²) >= 11 is 1.97. The monoisotopic (exact) mass is 256 g/mol. The maximum Gasteiger partial charge on any atom is 0.227 e. The Labute approximate surface area is 108 Å². The Bertz CT molecular complexity index is 269. The van der Waals surface area contributed by atoms with Gasteiger partial charge in [-0.3, -0.25) is 4.79 Å². The molecule has 0 bridgehead atoms. The van der Waals surface area contributed by atoms with Crippen LogP contribution in [0.15, 0.2) is 0 Å². The lowest BCUT2D eigenvalue weighted by molar-refractivity contribution is -0.130. The zero-order chi connectivity index (χ0) is 12.3. The lowest BCUT2D eigenvalue weighted by Crippen LogP contribution is -2.46. The van der Waals surface area contributed by atoms with Gasteiger partial charge >= 0.3 is 0 Å². The summed E-state index contributed by atoms with van der Waals surface area (Å²) in [6.07, 6.45) is 7.97. The van der Waals surface area contributed by atoms with Crippen molar-refractivity contribution in [3.8, 4) is 0 Å². The minimum atomic E-state index is -0.170. The minimum Gasteiger partial charge on any atom is -0.353 e. The zero-order valence-electron chi connectivity index (χ0n) is 10.9. The molecule has 0 aromatic rings. The van der Waals surface area contributed by atoms with E-state index < -0.39 is 0 Å². The average molecular weight is 256 g/mol. The van der Waals surface area contributed by atoms with Crippen molar-refractivity contribution in [1.29, 1.82) is 0 Å². The Hall–Kier alpha value is -0.220. The smallest absolute Gasteiger partial charge is 0.227 e. The van der Waals surface area contributed by atoms with Crippen molar-refractivity contribution in [1.82, 2.24) is 10.6 Å². The first-order valence-corrected chi connectivity index (χ1v) is 7.97. The van der Waals surface area contributed by atoms with Gasteiger partial charge in [-0.05, 0) is 51.8 Å². The molecule has 0 aromatic carbocycles. The van der Waals surface area contributed by atoms with Gasteiger partial charge in [0.2, 0.25) is 5.91 Å². The summed E-state index contributed by atoms with van der Waals surface area (Å²) in [6.45, 7) is 3.89. The van der Waals surface area contributed by atoms with Gasteiger partial charge in [-0.25, -0.2) is 0 Å². The summed E-state index contributed by atoms with van der Waals surface area (Å²) in [5.41, 5.74) is -0.170. The van der Waals surface area contributed by atoms with Crippen LogP contribution in [0.4, 0.5) is 0 Å². The molecule has 1 aliphatic carbocycles. The average Bonchev–Trinajstić information content (AvgIpc) is 2.78. The van der Waals surface area contributed by atoms with Crippen LogP contribution in [0.3, 0.4) is 0 Å². The molecule has 2 aliphatic rings. The number of carbonyl (C=O) groups is 1. The Balaban J connectivity index is 1.79. The molecule has 0 spiro atoms. The Morgan fingerprint density at radius 2 is 2.06 bits per heavy atom. The van der Waals surface area contributed by atoms with E-state index in [9.17, 15) is 4.79 Å². The van der Waals surface area contributed by atoms with E-state index in [0.29, 0.717) is 6.04 Å². The first-order chi connectivity index (χ1) is 8.14. The summed E-state index contributed by atoms with van der Waals surface area (Å²) in [7, 11) is 0. The second kappa shape index (κ2) is 5.61. The summed E-state index contributed by atoms with van der Waals surface area (Å²) < 4.78 is 0. The Morgan fingerprint density at radius 1 is 1.35 bits per heavy atom. The fraction of sp³-hybridized carbons (Fsp3) is 0.923. The second-order valence-corrected chi connectivity index (χ2v) is 6.81. The summed E-state index contributed by atoms with van der Waals surface area (Å²) in [4.78, 5) is 12.2. The quantitative estimate of drug-likeness (QED) is 0.809. The normalized spacial score (nSPS) is 38.0. The first-order valence-electron chi connectivity index (χ1n) is 6.68. The van der Waals surface area contributed by atoms with Gasteiger partial charge in [-0.2, -0.15) is 11.8 Å². The van der Waals surface area contributed by atoms with Crippen LogP contribution in [0.2, 0.25) is 0 Å². The number of thioether (sulfide) groups is 1. The molecule has 1 saturated carbocycles. The Morgan fingerprint density at radius 3 is 2.59 bits per heavy atom. The topological polar surface area (TPSA) is 41.1 Å². The van der Waals surface area contributed by atoms with E-state index in [1.807, 2.05) is 11.8 Å². The van der Waals surface area contributed by atoms with Crippen LogP contribution < -0.4 is 10.6 Å². The Kier molecular flexibility index (Phi) is 4.36. The number of hydrogen-bond donors (Lipinski definition) is 2. The molecule has 1 unspecified atom stereocenters. The largest absolute Gasteiger partial charge is 0.353 e. The van der Waals surface area contributed by atoms with Gasteiger partial charge in [-0.1, -0.05) is 0 Å². The number of nitrogens with one attached hydrogen (secondary N) is 2. The van der Waals surface area contributed by atoms with Crippen molar-refractivity contribution in [2.75, 3.05) is 19.3 Å². The van der Waals surface area contributed by atoms with Crippen LogP contribution in [-0.2, 0) is 4.79 Å². The van der Waals surface area contributed by atoms with E-state index in [1.54, 1.807) is 0 Å². The van der Waals surface area contributed by atoms with Crippen molar-refractivity contribution >= 4 is 17.7 Å². The highest BCUT2D eigenvalue weighted by Crippen LogP contribution is 2.29. The first kappa shape index (κ1) is 13.2. The summed E-state index contributed by atoms with van der Waals surface area (Å²) in [6, 6.07) is 0.420. The van der Waals surface area contributed by atoms with Crippen molar-refractivity contribution in [3.63, 3.8) is 0 Å². The fourth-order valence-corrected chi connectivity index (χ4v) is 3.56. The van der Waals surface area contributed by atoms with Gasteiger partial charge in [0.25, 0.3) is 0 Å². The van der Waals surface area contributed by atoms with Crippen LogP contribution in [0.5, 0.6) is 0 Å². The molecule has 2 fully saturated rings. The van der Waals surface area contributed by atoms with Gasteiger partial charge in [-0.15, -0.1) is 0 Å². The third-order valence-electron chi connectivity index (χ3n) is 4.26. The van der Waals surface area contributed by atoms with E-state index in [2.05, 4.69) is 23.8 Å². The van der Waals surface area contributed by atoms with E-state index >= 15 is 0 Å². The van der Waals surface area contributed by atoms with Crippen LogP contribution in [0, 0.1) is 5.41 Å². The number of rotatable bonds is 3. The van der Waals surface area contributed by atoms with Crippen LogP contribution in [0.1, 0.15) is 39.0 Å². The van der Waals surface area contributed by atoms with Crippen molar-refractivity contribution in [3.05, 3.63) is 0 Å². The summed E-state index contributed by atoms with van der Waals surface area (Å²) in [5.74, 6) is 0.259. The molecule has 4 heteroatoms. The molecule has 1 saturated heterocycles. The highest BCUT2D eigenvalue weighted by atomic mass is 32.2. The van der Waals surface area contributed by atoms with E-state index in [-0.39, 0.29) is 11.3 Å². The van der Waals surface area contributed by atoms with E-state index in [4.69, 9.17) is 0 Å². The van der Waals surface area contributed by atoms with Crippen LogP contribution >= 0.6 is 11.8 Å². The van der Waals surface area contributed by atoms with Gasteiger partial charge in [0, 0.05) is 17.8 Å². The van der Waals surface area contributed by atoms with Gasteiger partial charge in [0.15, 0.2) is 0 Å². The molecule has 0 radical (unpaired) electrons. The maximum absolute atomic E-state index is 12.2. The third-order valence-corrected chi connectivity index (χ3v) is 5.40. The zero-order valence-corrected chi connectivity index (χ0v) is 11.7. The lowest BCUT2D eigenvalue weighted by Gasteiger charge is -2.31. The van der Waals surface area contributed by atoms with Gasteiger partial charge in [0.1, 0.15) is 0 Å². The maximum atomic E-state index is 12.2. The van der Waals surface area contributed by atoms with Crippen molar-refractivity contribution < 1.29 is 4.79 Å². The molecular formula is C13H24N2OS. The molecule has 1 heterocycles. The summed E-state index contributed by atoms with van der Waals surface area (Å²) in [5, 5.41) is 7.35. The van der Waals surface area contributed by atoms with Crippen LogP contribution in [-0.4, -0.2) is 36.5 Å². The van der Waals surface area contributed by atoms with E-state index in [1.165, 1.54) is 12.8 Å². The SMILES string of the molecule is CSC1CCC(NC(=O)C2(C)CCNC2)CC1. The molecule has 0 aromatic heterocycles. The van der Waals surface area contributed by atoms with Crippen molar-refractivity contribution in [2.45, 2.75) is 50.3 Å². The molecule has 2 rings (SSSR count). The molecule has 98 valence electrons. The predicted octanol–water partition coefficient (Wildman–Crippen LogP) is 1.78. The molecule has 17 heavy (non-hydrogen) atoms. The molecule has 1 amide bonds. The molecular weight excluding hydrogens is 232 g/mol. The minimum absolute atomic E-state index is 0.170. The van der Waals surface area contributed by atoms with Gasteiger partial charge in [0.05, 0.1) is 5.41 Å². The van der Waals surface area contributed by atoms with Crippen molar-refractivity contribution in [2.24, 2.45) is 5.41 Å². The predicted molar refractivity (Wildman–Crippen MR) is 73.3 cm³/mol. The molecule has 1 atom stereocenters. The van der Waals surface area contributed by atoms with Crippen LogP contribution in [0.25, 0.3) is 0 Å². The highest BCUT2D eigenvalue weighted by molar-refractivity contribution is 7.99. The number of carbonyl (C=O) groups excluding carboxylic acids is 1. The number of amides is 1. The second-order valence-electron chi connectivity index (χ2n) is 5.67. The molecule has 3 nitrogen and oxygen atoms in total. The standard InChI is InChI=1S/C13H24N2OS/c1-13(7-8-14-9-13)12(16)15-10-3-5-11(17-2)6-4-10/h10-11,14H,3-9H2,1-2H3,(H,15,16). The fourth-order valence-electron chi connectivity index (χ4n) is 2.81. The molecule has 1 aliphatic heterocycles. The third kappa shape index (κ3) is 3.16. The number of hydrogen-bond acceptors (Lipinski definition) is 3. The van der Waals surface area contributed by atoms with Gasteiger partial charge < -0.3 is 10.6 Å². The molecule has 2 N–H and O–H groups in total. The highest BCUT2D eigenvalue weighted by Gasteiger charge is 2.37. The van der Waals surface area contributed by atoms with E-state index in [0.717, 1.165) is 37.6 Å².